The van der Waals surface area contributed by atoms with E-state index in [0.29, 0.717) is 18.1 Å². The van der Waals surface area contributed by atoms with Gasteiger partial charge >= 0.3 is 0 Å². The van der Waals surface area contributed by atoms with Crippen LogP contribution < -0.4 is 5.32 Å². The van der Waals surface area contributed by atoms with Crippen molar-refractivity contribution in [3.8, 4) is 6.07 Å². The van der Waals surface area contributed by atoms with Crippen molar-refractivity contribution >= 4 is 21.6 Å². The van der Waals surface area contributed by atoms with Crippen LogP contribution in [0.15, 0.2) is 23.1 Å². The minimum absolute atomic E-state index is 0.000466. The fraction of sp³-hybridized carbons (Fsp3) is 0.500. The third kappa shape index (κ3) is 3.38. The van der Waals surface area contributed by atoms with E-state index in [9.17, 15) is 8.42 Å². The molecule has 1 unspecified atom stereocenters. The molecule has 0 aromatic heterocycles. The van der Waals surface area contributed by atoms with Crippen molar-refractivity contribution in [1.82, 2.24) is 9.62 Å². The van der Waals surface area contributed by atoms with Crippen LogP contribution in [0, 0.1) is 11.3 Å². The summed E-state index contributed by atoms with van der Waals surface area (Å²) in [5.41, 5.74) is 0.133. The van der Waals surface area contributed by atoms with E-state index in [1.54, 1.807) is 7.05 Å². The van der Waals surface area contributed by atoms with Crippen molar-refractivity contribution < 1.29 is 8.42 Å². The van der Waals surface area contributed by atoms with Gasteiger partial charge in [-0.05, 0) is 38.1 Å². The minimum Gasteiger partial charge on any atom is -0.318 e. The second-order valence-electron chi connectivity index (χ2n) is 5.08. The largest absolute Gasteiger partial charge is 0.318 e. The Hall–Kier alpha value is -1.13. The summed E-state index contributed by atoms with van der Waals surface area (Å²) >= 11 is 5.91. The lowest BCUT2D eigenvalue weighted by atomic mass is 10.1. The van der Waals surface area contributed by atoms with Gasteiger partial charge in [0.25, 0.3) is 0 Å². The Morgan fingerprint density at radius 3 is 2.90 bits per heavy atom. The van der Waals surface area contributed by atoms with Crippen LogP contribution >= 0.6 is 11.6 Å². The van der Waals surface area contributed by atoms with Gasteiger partial charge in [0.15, 0.2) is 0 Å². The van der Waals surface area contributed by atoms with Crippen molar-refractivity contribution in [3.63, 3.8) is 0 Å². The molecular formula is C14H18ClN3O2S. The molecule has 5 nitrogen and oxygen atoms in total. The molecule has 1 fully saturated rings. The number of halogens is 1. The normalized spacial score (nSPS) is 20.1. The molecule has 1 heterocycles. The standard InChI is InChI=1S/C14H18ClN3O2S/c1-17-10-13-4-2-3-7-18(13)21(19,20)14-8-12(15)6-5-11(14)9-16/h5-6,8,13,17H,2-4,7,10H2,1H3. The Morgan fingerprint density at radius 2 is 2.24 bits per heavy atom. The van der Waals surface area contributed by atoms with Crippen molar-refractivity contribution in [2.45, 2.75) is 30.2 Å². The number of hydrogen-bond acceptors (Lipinski definition) is 4. The number of rotatable bonds is 4. The summed E-state index contributed by atoms with van der Waals surface area (Å²) in [6.07, 6.45) is 2.67. The molecule has 1 aromatic carbocycles. The number of piperidine rings is 1. The topological polar surface area (TPSA) is 73.2 Å². The number of likely N-dealkylation sites (N-methyl/N-ethyl adjacent to an activating group) is 1. The molecule has 114 valence electrons. The van der Waals surface area contributed by atoms with E-state index < -0.39 is 10.0 Å². The average molecular weight is 328 g/mol. The zero-order chi connectivity index (χ0) is 15.5. The highest BCUT2D eigenvalue weighted by Gasteiger charge is 2.34. The summed E-state index contributed by atoms with van der Waals surface area (Å²) in [6, 6.07) is 6.19. The molecule has 1 saturated heterocycles. The van der Waals surface area contributed by atoms with E-state index in [4.69, 9.17) is 16.9 Å². The van der Waals surface area contributed by atoms with Crippen LogP contribution in [0.25, 0.3) is 0 Å². The van der Waals surface area contributed by atoms with Crippen LogP contribution in [0.2, 0.25) is 5.02 Å². The predicted molar refractivity (Wildman–Crippen MR) is 81.6 cm³/mol. The molecular weight excluding hydrogens is 310 g/mol. The van der Waals surface area contributed by atoms with Gasteiger partial charge in [-0.25, -0.2) is 8.42 Å². The van der Waals surface area contributed by atoms with Crippen LogP contribution in [0.1, 0.15) is 24.8 Å². The Labute approximate surface area is 130 Å². The number of benzene rings is 1. The molecule has 1 aliphatic heterocycles. The number of nitrogens with zero attached hydrogens (tertiary/aromatic N) is 2. The van der Waals surface area contributed by atoms with Crippen LogP contribution in [-0.2, 0) is 10.0 Å². The van der Waals surface area contributed by atoms with Crippen LogP contribution in [-0.4, -0.2) is 38.9 Å². The Morgan fingerprint density at radius 1 is 1.48 bits per heavy atom. The highest BCUT2D eigenvalue weighted by Crippen LogP contribution is 2.28. The van der Waals surface area contributed by atoms with Gasteiger partial charge in [-0.1, -0.05) is 18.0 Å². The third-order valence-corrected chi connectivity index (χ3v) is 5.89. The average Bonchev–Trinajstić information content (AvgIpc) is 2.48. The van der Waals surface area contributed by atoms with Gasteiger partial charge in [0.05, 0.1) is 5.56 Å². The van der Waals surface area contributed by atoms with E-state index >= 15 is 0 Å². The van der Waals surface area contributed by atoms with Crippen molar-refractivity contribution in [3.05, 3.63) is 28.8 Å². The Bertz CT molecular complexity index is 653. The van der Waals surface area contributed by atoms with Gasteiger partial charge in [0.1, 0.15) is 11.0 Å². The Kier molecular flexibility index (Phi) is 5.22. The van der Waals surface area contributed by atoms with Gasteiger partial charge in [0, 0.05) is 24.2 Å². The molecule has 1 N–H and O–H groups in total. The molecule has 1 aliphatic rings. The van der Waals surface area contributed by atoms with E-state index in [2.05, 4.69) is 5.32 Å². The molecule has 0 saturated carbocycles. The van der Waals surface area contributed by atoms with E-state index in [0.717, 1.165) is 19.3 Å². The number of sulfonamides is 1. The first kappa shape index (κ1) is 16.2. The molecule has 0 radical (unpaired) electrons. The molecule has 0 bridgehead atoms. The second-order valence-corrected chi connectivity index (χ2v) is 7.37. The van der Waals surface area contributed by atoms with Crippen molar-refractivity contribution in [2.75, 3.05) is 20.1 Å². The summed E-state index contributed by atoms with van der Waals surface area (Å²) < 4.78 is 27.3. The van der Waals surface area contributed by atoms with Crippen LogP contribution in [0.3, 0.4) is 0 Å². The molecule has 0 aliphatic carbocycles. The van der Waals surface area contributed by atoms with Gasteiger partial charge in [-0.15, -0.1) is 0 Å². The zero-order valence-electron chi connectivity index (χ0n) is 11.8. The van der Waals surface area contributed by atoms with E-state index in [1.807, 2.05) is 6.07 Å². The molecule has 1 atom stereocenters. The van der Waals surface area contributed by atoms with Crippen molar-refractivity contribution in [1.29, 1.82) is 5.26 Å². The second kappa shape index (κ2) is 6.75. The number of hydrogen-bond donors (Lipinski definition) is 1. The summed E-state index contributed by atoms with van der Waals surface area (Å²) in [5.74, 6) is 0. The van der Waals surface area contributed by atoms with Gasteiger partial charge < -0.3 is 5.32 Å². The van der Waals surface area contributed by atoms with E-state index in [-0.39, 0.29) is 16.5 Å². The first-order chi connectivity index (χ1) is 10.0. The summed E-state index contributed by atoms with van der Waals surface area (Å²) in [7, 11) is -1.91. The van der Waals surface area contributed by atoms with Crippen molar-refractivity contribution in [2.24, 2.45) is 0 Å². The molecule has 21 heavy (non-hydrogen) atoms. The maximum absolute atomic E-state index is 12.9. The van der Waals surface area contributed by atoms with Gasteiger partial charge in [-0.3, -0.25) is 0 Å². The molecule has 2 rings (SSSR count). The fourth-order valence-corrected chi connectivity index (χ4v) is 4.76. The molecule has 0 amide bonds. The summed E-state index contributed by atoms with van der Waals surface area (Å²) in [4.78, 5) is 0.000466. The molecule has 7 heteroatoms. The lowest BCUT2D eigenvalue weighted by Gasteiger charge is -2.34. The third-order valence-electron chi connectivity index (χ3n) is 3.66. The number of nitrogens with one attached hydrogen (secondary N) is 1. The maximum atomic E-state index is 12.9. The highest BCUT2D eigenvalue weighted by molar-refractivity contribution is 7.89. The SMILES string of the molecule is CNCC1CCCCN1S(=O)(=O)c1cc(Cl)ccc1C#N. The lowest BCUT2D eigenvalue weighted by molar-refractivity contribution is 0.249. The first-order valence-electron chi connectivity index (χ1n) is 6.87. The maximum Gasteiger partial charge on any atom is 0.244 e. The highest BCUT2D eigenvalue weighted by atomic mass is 35.5. The lowest BCUT2D eigenvalue weighted by Crippen LogP contribution is -2.48. The smallest absolute Gasteiger partial charge is 0.244 e. The van der Waals surface area contributed by atoms with E-state index in [1.165, 1.54) is 22.5 Å². The quantitative estimate of drug-likeness (QED) is 0.917. The molecule has 0 spiro atoms. The fourth-order valence-electron chi connectivity index (χ4n) is 2.66. The van der Waals surface area contributed by atoms with Gasteiger partial charge in [0.2, 0.25) is 10.0 Å². The predicted octanol–water partition coefficient (Wildman–Crippen LogP) is 1.97. The number of nitriles is 1. The van der Waals surface area contributed by atoms with Gasteiger partial charge in [-0.2, -0.15) is 9.57 Å². The molecule has 1 aromatic rings. The first-order valence-corrected chi connectivity index (χ1v) is 8.68. The zero-order valence-corrected chi connectivity index (χ0v) is 13.4. The summed E-state index contributed by atoms with van der Waals surface area (Å²) in [6.45, 7) is 1.08. The monoisotopic (exact) mass is 327 g/mol. The van der Waals surface area contributed by atoms with Crippen LogP contribution in [0.5, 0.6) is 0 Å². The summed E-state index contributed by atoms with van der Waals surface area (Å²) in [5, 5.41) is 12.5. The van der Waals surface area contributed by atoms with Crippen LogP contribution in [0.4, 0.5) is 0 Å². The Balaban J connectivity index is 2.45. The minimum atomic E-state index is -3.71.